The summed E-state index contributed by atoms with van der Waals surface area (Å²) in [5.74, 6) is -0.00907. The highest BCUT2D eigenvalue weighted by molar-refractivity contribution is 5.85. The third-order valence-electron chi connectivity index (χ3n) is 6.73. The molecule has 1 aromatic heterocycles. The molecule has 3 aliphatic heterocycles. The highest BCUT2D eigenvalue weighted by Crippen LogP contribution is 2.56. The minimum atomic E-state index is -0.00907. The number of nitrogens with zero attached hydrogens (tertiary/aromatic N) is 1. The molecule has 4 heterocycles. The first-order valence-electron chi connectivity index (χ1n) is 9.26. The van der Waals surface area contributed by atoms with Crippen LogP contribution in [0.5, 0.6) is 0 Å². The number of fused-ring (bicyclic) bond motifs is 7. The van der Waals surface area contributed by atoms with E-state index >= 15 is 0 Å². The van der Waals surface area contributed by atoms with Crippen LogP contribution in [-0.2, 0) is 16.0 Å². The number of hydrogen-bond donors (Lipinski definition) is 1. The van der Waals surface area contributed by atoms with Gasteiger partial charge in [0.05, 0.1) is 6.04 Å². The van der Waals surface area contributed by atoms with Gasteiger partial charge in [-0.1, -0.05) is 25.1 Å². The van der Waals surface area contributed by atoms with E-state index in [1.54, 1.807) is 0 Å². The van der Waals surface area contributed by atoms with E-state index in [0.29, 0.717) is 12.5 Å². The van der Waals surface area contributed by atoms with E-state index in [4.69, 9.17) is 4.74 Å². The molecule has 126 valence electrons. The number of aromatic amines is 1. The number of carbonyl (C=O) groups excluding carboxylic acids is 1. The Hall–Kier alpha value is -1.81. The van der Waals surface area contributed by atoms with Gasteiger partial charge < -0.3 is 9.72 Å². The number of piperidine rings is 1. The maximum atomic E-state index is 11.9. The first kappa shape index (κ1) is 14.5. The molecule has 1 N–H and O–H groups in total. The number of aromatic nitrogens is 1. The van der Waals surface area contributed by atoms with E-state index in [-0.39, 0.29) is 17.5 Å². The van der Waals surface area contributed by atoms with E-state index in [2.05, 4.69) is 41.1 Å². The SMILES string of the molecule is CC[C@@]12CCC(=O)O[C@H]1CCN1CCc3c([nH]c4ccccc34)[C@H]12. The summed E-state index contributed by atoms with van der Waals surface area (Å²) >= 11 is 0. The zero-order valence-electron chi connectivity index (χ0n) is 14.2. The van der Waals surface area contributed by atoms with Crippen molar-refractivity contribution >= 4 is 16.9 Å². The summed E-state index contributed by atoms with van der Waals surface area (Å²) in [5, 5.41) is 1.37. The molecule has 2 aromatic rings. The van der Waals surface area contributed by atoms with Gasteiger partial charge in [-0.15, -0.1) is 0 Å². The largest absolute Gasteiger partial charge is 0.462 e. The normalized spacial score (nSPS) is 32.8. The lowest BCUT2D eigenvalue weighted by molar-refractivity contribution is -0.187. The highest BCUT2D eigenvalue weighted by Gasteiger charge is 2.55. The van der Waals surface area contributed by atoms with Crippen molar-refractivity contribution in [2.45, 2.75) is 51.2 Å². The lowest BCUT2D eigenvalue weighted by Gasteiger charge is -2.56. The van der Waals surface area contributed by atoms with Gasteiger partial charge in [0.25, 0.3) is 0 Å². The van der Waals surface area contributed by atoms with Crippen LogP contribution in [0.25, 0.3) is 10.9 Å². The molecule has 0 radical (unpaired) electrons. The van der Waals surface area contributed by atoms with Crippen molar-refractivity contribution < 1.29 is 9.53 Å². The summed E-state index contributed by atoms with van der Waals surface area (Å²) in [6, 6.07) is 9.00. The maximum Gasteiger partial charge on any atom is 0.306 e. The van der Waals surface area contributed by atoms with Crippen LogP contribution in [0.2, 0.25) is 0 Å². The number of benzene rings is 1. The average molecular weight is 324 g/mol. The molecule has 2 saturated heterocycles. The lowest BCUT2D eigenvalue weighted by Crippen LogP contribution is -2.58. The third-order valence-corrected chi connectivity index (χ3v) is 6.73. The Labute approximate surface area is 142 Å². The number of para-hydroxylation sites is 1. The van der Waals surface area contributed by atoms with E-state index in [9.17, 15) is 4.79 Å². The Bertz CT molecular complexity index is 811. The third kappa shape index (κ3) is 1.80. The van der Waals surface area contributed by atoms with E-state index < -0.39 is 0 Å². The number of esters is 1. The second-order valence-corrected chi connectivity index (χ2v) is 7.61. The number of ether oxygens (including phenoxy) is 1. The molecule has 2 fully saturated rings. The van der Waals surface area contributed by atoms with Gasteiger partial charge in [0.1, 0.15) is 6.10 Å². The quantitative estimate of drug-likeness (QED) is 0.816. The number of carbonyl (C=O) groups is 1. The summed E-state index contributed by atoms with van der Waals surface area (Å²) in [5.41, 5.74) is 4.16. The topological polar surface area (TPSA) is 45.3 Å². The molecule has 0 spiro atoms. The van der Waals surface area contributed by atoms with Crippen LogP contribution < -0.4 is 0 Å². The van der Waals surface area contributed by atoms with Crippen LogP contribution in [0.15, 0.2) is 24.3 Å². The highest BCUT2D eigenvalue weighted by atomic mass is 16.5. The fourth-order valence-corrected chi connectivity index (χ4v) is 5.55. The molecule has 0 bridgehead atoms. The van der Waals surface area contributed by atoms with Gasteiger partial charge >= 0.3 is 5.97 Å². The van der Waals surface area contributed by atoms with Crippen LogP contribution >= 0.6 is 0 Å². The predicted molar refractivity (Wildman–Crippen MR) is 92.8 cm³/mol. The van der Waals surface area contributed by atoms with Crippen LogP contribution in [0.1, 0.15) is 49.9 Å². The average Bonchev–Trinajstić information content (AvgIpc) is 2.99. The van der Waals surface area contributed by atoms with Crippen LogP contribution in [-0.4, -0.2) is 35.0 Å². The first-order chi connectivity index (χ1) is 11.7. The van der Waals surface area contributed by atoms with Gasteiger partial charge in [-0.3, -0.25) is 9.69 Å². The molecular weight excluding hydrogens is 300 g/mol. The van der Waals surface area contributed by atoms with Crippen molar-refractivity contribution in [2.75, 3.05) is 13.1 Å². The summed E-state index contributed by atoms with van der Waals surface area (Å²) in [6.07, 6.45) is 4.72. The Kier molecular flexibility index (Phi) is 3.08. The fraction of sp³-hybridized carbons (Fsp3) is 0.550. The molecule has 4 nitrogen and oxygen atoms in total. The van der Waals surface area contributed by atoms with E-state index in [1.165, 1.54) is 22.2 Å². The van der Waals surface area contributed by atoms with Gasteiger partial charge in [-0.25, -0.2) is 0 Å². The number of H-pyrrole nitrogens is 1. The monoisotopic (exact) mass is 324 g/mol. The fourth-order valence-electron chi connectivity index (χ4n) is 5.55. The Morgan fingerprint density at radius 1 is 1.29 bits per heavy atom. The summed E-state index contributed by atoms with van der Waals surface area (Å²) in [7, 11) is 0. The number of rotatable bonds is 1. The predicted octanol–water partition coefficient (Wildman–Crippen LogP) is 3.57. The first-order valence-corrected chi connectivity index (χ1v) is 9.26. The molecule has 0 unspecified atom stereocenters. The molecule has 0 aliphatic carbocycles. The van der Waals surface area contributed by atoms with E-state index in [1.807, 2.05) is 0 Å². The van der Waals surface area contributed by atoms with Gasteiger partial charge in [-0.2, -0.15) is 0 Å². The second kappa shape index (κ2) is 5.09. The molecule has 4 heteroatoms. The Balaban J connectivity index is 1.69. The second-order valence-electron chi connectivity index (χ2n) is 7.61. The Morgan fingerprint density at radius 3 is 3.04 bits per heavy atom. The molecule has 24 heavy (non-hydrogen) atoms. The zero-order valence-corrected chi connectivity index (χ0v) is 14.2. The van der Waals surface area contributed by atoms with Crippen LogP contribution in [0.3, 0.4) is 0 Å². The van der Waals surface area contributed by atoms with E-state index in [0.717, 1.165) is 38.8 Å². The summed E-state index contributed by atoms with van der Waals surface area (Å²) in [4.78, 5) is 18.3. The standard InChI is InChI=1S/C20H24N2O2/c1-2-20-10-7-17(23)24-16(20)9-12-22-11-8-14-13-5-3-4-6-15(13)21-18(14)19(20)22/h3-6,16,19,21H,2,7-12H2,1H3/t16-,19-,20+/m0/s1. The van der Waals surface area contributed by atoms with Crippen LogP contribution in [0, 0.1) is 5.41 Å². The molecule has 1 aromatic carbocycles. The number of nitrogens with one attached hydrogen (secondary N) is 1. The van der Waals surface area contributed by atoms with Crippen molar-refractivity contribution in [2.24, 2.45) is 5.41 Å². The van der Waals surface area contributed by atoms with Crippen molar-refractivity contribution in [1.29, 1.82) is 0 Å². The van der Waals surface area contributed by atoms with Crippen molar-refractivity contribution in [3.63, 3.8) is 0 Å². The molecule has 0 saturated carbocycles. The lowest BCUT2D eigenvalue weighted by atomic mass is 9.63. The van der Waals surface area contributed by atoms with Gasteiger partial charge in [0.2, 0.25) is 0 Å². The molecule has 3 atom stereocenters. The molecular formula is C20H24N2O2. The van der Waals surface area contributed by atoms with Gasteiger partial charge in [-0.05, 0) is 37.3 Å². The summed E-state index contributed by atoms with van der Waals surface area (Å²) < 4.78 is 5.84. The molecule has 3 aliphatic rings. The minimum absolute atomic E-state index is 0.00907. The molecule has 0 amide bonds. The zero-order chi connectivity index (χ0) is 16.3. The minimum Gasteiger partial charge on any atom is -0.462 e. The van der Waals surface area contributed by atoms with Crippen LogP contribution in [0.4, 0.5) is 0 Å². The summed E-state index contributed by atoms with van der Waals surface area (Å²) in [6.45, 7) is 4.41. The van der Waals surface area contributed by atoms with Crippen molar-refractivity contribution in [3.05, 3.63) is 35.5 Å². The van der Waals surface area contributed by atoms with Crippen molar-refractivity contribution in [3.8, 4) is 0 Å². The Morgan fingerprint density at radius 2 is 2.17 bits per heavy atom. The van der Waals surface area contributed by atoms with Gasteiger partial charge in [0.15, 0.2) is 0 Å². The van der Waals surface area contributed by atoms with Crippen molar-refractivity contribution in [1.82, 2.24) is 9.88 Å². The smallest absolute Gasteiger partial charge is 0.306 e. The maximum absolute atomic E-state index is 11.9. The molecule has 5 rings (SSSR count). The van der Waals surface area contributed by atoms with Gasteiger partial charge in [0, 0.05) is 41.5 Å². The number of hydrogen-bond acceptors (Lipinski definition) is 3.